The number of ether oxygens (including phenoxy) is 1. The summed E-state index contributed by atoms with van der Waals surface area (Å²) in [7, 11) is 0. The standard InChI is InChI=1S/C27H30N2O4S2/c1-4-6-15-23(30)28-20-13-10-14-21(16-20)35-18(3)25(31)29-26-24(27(32)33-5-2)22(17-34-26)19-11-8-7-9-12-19/h7-14,16-18H,4-6,15H2,1-3H3,(H,28,30)(H,29,31). The number of carbonyl (C=O) groups excluding carboxylic acids is 3. The van der Waals surface area contributed by atoms with E-state index in [2.05, 4.69) is 10.6 Å². The molecule has 3 rings (SSSR count). The van der Waals surface area contributed by atoms with Gasteiger partial charge in [-0.2, -0.15) is 0 Å². The second-order valence-corrected chi connectivity index (χ2v) is 10.2. The van der Waals surface area contributed by atoms with Crippen molar-refractivity contribution in [3.8, 4) is 11.1 Å². The van der Waals surface area contributed by atoms with Gasteiger partial charge in [0, 0.05) is 27.9 Å². The number of hydrogen-bond donors (Lipinski definition) is 2. The Morgan fingerprint density at radius 1 is 1.03 bits per heavy atom. The lowest BCUT2D eigenvalue weighted by atomic mass is 10.0. The highest BCUT2D eigenvalue weighted by molar-refractivity contribution is 8.00. The van der Waals surface area contributed by atoms with Crippen molar-refractivity contribution in [1.29, 1.82) is 0 Å². The van der Waals surface area contributed by atoms with Crippen LogP contribution in [-0.4, -0.2) is 29.6 Å². The summed E-state index contributed by atoms with van der Waals surface area (Å²) in [5.74, 6) is -0.702. The Morgan fingerprint density at radius 2 is 1.80 bits per heavy atom. The first-order valence-corrected chi connectivity index (χ1v) is 13.4. The first kappa shape index (κ1) is 26.5. The van der Waals surface area contributed by atoms with Gasteiger partial charge in [-0.05, 0) is 44.0 Å². The topological polar surface area (TPSA) is 84.5 Å². The van der Waals surface area contributed by atoms with E-state index < -0.39 is 11.2 Å². The first-order valence-electron chi connectivity index (χ1n) is 11.6. The molecule has 1 unspecified atom stereocenters. The van der Waals surface area contributed by atoms with Gasteiger partial charge in [0.1, 0.15) is 10.6 Å². The Bertz CT molecular complexity index is 1160. The van der Waals surface area contributed by atoms with Crippen molar-refractivity contribution in [2.24, 2.45) is 0 Å². The molecule has 0 aliphatic rings. The Labute approximate surface area is 214 Å². The molecule has 0 saturated carbocycles. The fourth-order valence-corrected chi connectivity index (χ4v) is 5.25. The molecule has 0 bridgehead atoms. The summed E-state index contributed by atoms with van der Waals surface area (Å²) in [6.45, 7) is 5.85. The molecule has 2 amide bonds. The molecule has 0 aliphatic carbocycles. The van der Waals surface area contributed by atoms with Crippen LogP contribution in [0.25, 0.3) is 11.1 Å². The Kier molecular flexibility index (Phi) is 9.93. The summed E-state index contributed by atoms with van der Waals surface area (Å²) in [5, 5.41) is 7.72. The molecule has 3 aromatic rings. The van der Waals surface area contributed by atoms with E-state index in [1.54, 1.807) is 6.92 Å². The summed E-state index contributed by atoms with van der Waals surface area (Å²) in [5.41, 5.74) is 2.69. The number of rotatable bonds is 11. The van der Waals surface area contributed by atoms with Crippen molar-refractivity contribution in [1.82, 2.24) is 0 Å². The molecule has 184 valence electrons. The summed E-state index contributed by atoms with van der Waals surface area (Å²) in [4.78, 5) is 38.7. The highest BCUT2D eigenvalue weighted by Crippen LogP contribution is 2.37. The summed E-state index contributed by atoms with van der Waals surface area (Å²) < 4.78 is 5.27. The van der Waals surface area contributed by atoms with Crippen LogP contribution in [0.15, 0.2) is 64.9 Å². The number of carbonyl (C=O) groups is 3. The average molecular weight is 511 g/mol. The predicted octanol–water partition coefficient (Wildman–Crippen LogP) is 6.84. The van der Waals surface area contributed by atoms with E-state index in [4.69, 9.17) is 4.74 Å². The normalized spacial score (nSPS) is 11.5. The number of benzene rings is 2. The van der Waals surface area contributed by atoms with Crippen LogP contribution >= 0.6 is 23.1 Å². The van der Waals surface area contributed by atoms with E-state index in [9.17, 15) is 14.4 Å². The molecule has 6 nitrogen and oxygen atoms in total. The maximum Gasteiger partial charge on any atom is 0.341 e. The SMILES string of the molecule is CCCCC(=O)Nc1cccc(SC(C)C(=O)Nc2scc(-c3ccccc3)c2C(=O)OCC)c1. The number of unbranched alkanes of at least 4 members (excludes halogenated alkanes) is 1. The van der Waals surface area contributed by atoms with Crippen molar-refractivity contribution in [2.45, 2.75) is 50.2 Å². The second kappa shape index (κ2) is 13.1. The van der Waals surface area contributed by atoms with Gasteiger partial charge < -0.3 is 15.4 Å². The zero-order valence-corrected chi connectivity index (χ0v) is 21.8. The smallest absolute Gasteiger partial charge is 0.341 e. The van der Waals surface area contributed by atoms with Crippen molar-refractivity contribution < 1.29 is 19.1 Å². The quantitative estimate of drug-likeness (QED) is 0.218. The van der Waals surface area contributed by atoms with Crippen molar-refractivity contribution in [2.75, 3.05) is 17.2 Å². The number of hydrogen-bond acceptors (Lipinski definition) is 6. The van der Waals surface area contributed by atoms with E-state index in [-0.39, 0.29) is 18.4 Å². The fraction of sp³-hybridized carbons (Fsp3) is 0.296. The number of anilines is 2. The lowest BCUT2D eigenvalue weighted by molar-refractivity contribution is -0.116. The van der Waals surface area contributed by atoms with Gasteiger partial charge in [0.25, 0.3) is 0 Å². The largest absolute Gasteiger partial charge is 0.462 e. The van der Waals surface area contributed by atoms with Gasteiger partial charge in [-0.15, -0.1) is 23.1 Å². The lowest BCUT2D eigenvalue weighted by Gasteiger charge is -2.14. The van der Waals surface area contributed by atoms with E-state index in [1.165, 1.54) is 23.1 Å². The molecular formula is C27H30N2O4S2. The van der Waals surface area contributed by atoms with E-state index in [0.717, 1.165) is 28.9 Å². The van der Waals surface area contributed by atoms with Crippen molar-refractivity contribution in [3.63, 3.8) is 0 Å². The average Bonchev–Trinajstić information content (AvgIpc) is 3.27. The molecule has 0 spiro atoms. The molecule has 8 heteroatoms. The third kappa shape index (κ3) is 7.44. The molecule has 2 aromatic carbocycles. The van der Waals surface area contributed by atoms with Crippen LogP contribution in [-0.2, 0) is 14.3 Å². The number of amides is 2. The zero-order valence-electron chi connectivity index (χ0n) is 20.1. The third-order valence-electron chi connectivity index (χ3n) is 5.15. The predicted molar refractivity (Wildman–Crippen MR) is 144 cm³/mol. The van der Waals surface area contributed by atoms with Crippen LogP contribution in [0.3, 0.4) is 0 Å². The Morgan fingerprint density at radius 3 is 2.51 bits per heavy atom. The van der Waals surface area contributed by atoms with Crippen molar-refractivity contribution in [3.05, 3.63) is 65.5 Å². The Balaban J connectivity index is 1.72. The molecule has 1 heterocycles. The highest BCUT2D eigenvalue weighted by atomic mass is 32.2. The lowest BCUT2D eigenvalue weighted by Crippen LogP contribution is -2.23. The van der Waals surface area contributed by atoms with Crippen LogP contribution in [0.5, 0.6) is 0 Å². The van der Waals surface area contributed by atoms with Crippen LogP contribution in [0.2, 0.25) is 0 Å². The highest BCUT2D eigenvalue weighted by Gasteiger charge is 2.24. The number of esters is 1. The van der Waals surface area contributed by atoms with Gasteiger partial charge >= 0.3 is 5.97 Å². The van der Waals surface area contributed by atoms with Crippen molar-refractivity contribution >= 4 is 51.6 Å². The molecule has 2 N–H and O–H groups in total. The number of nitrogens with one attached hydrogen (secondary N) is 2. The zero-order chi connectivity index (χ0) is 25.2. The van der Waals surface area contributed by atoms with Gasteiger partial charge in [0.05, 0.1) is 11.9 Å². The summed E-state index contributed by atoms with van der Waals surface area (Å²) in [6.07, 6.45) is 2.30. The number of thiophene rings is 1. The maximum atomic E-state index is 13.0. The minimum absolute atomic E-state index is 0.0156. The van der Waals surface area contributed by atoms with E-state index in [1.807, 2.05) is 73.8 Å². The van der Waals surface area contributed by atoms with Crippen LogP contribution in [0, 0.1) is 0 Å². The first-order chi connectivity index (χ1) is 16.9. The molecule has 0 saturated heterocycles. The molecular weight excluding hydrogens is 480 g/mol. The van der Waals surface area contributed by atoms with Crippen LogP contribution < -0.4 is 10.6 Å². The molecule has 0 fully saturated rings. The summed E-state index contributed by atoms with van der Waals surface area (Å²) >= 11 is 2.69. The molecule has 0 radical (unpaired) electrons. The Hall–Kier alpha value is -3.10. The van der Waals surface area contributed by atoms with E-state index >= 15 is 0 Å². The van der Waals surface area contributed by atoms with Gasteiger partial charge in [-0.3, -0.25) is 9.59 Å². The van der Waals surface area contributed by atoms with Crippen LogP contribution in [0.1, 0.15) is 50.4 Å². The monoisotopic (exact) mass is 510 g/mol. The molecule has 1 aromatic heterocycles. The third-order valence-corrected chi connectivity index (χ3v) is 7.14. The van der Waals surface area contributed by atoms with Gasteiger partial charge in [-0.1, -0.05) is 49.7 Å². The number of thioether (sulfide) groups is 1. The minimum atomic E-state index is -0.463. The fourth-order valence-electron chi connectivity index (χ4n) is 3.37. The minimum Gasteiger partial charge on any atom is -0.462 e. The molecule has 1 atom stereocenters. The summed E-state index contributed by atoms with van der Waals surface area (Å²) in [6, 6.07) is 17.0. The van der Waals surface area contributed by atoms with Gasteiger partial charge in [0.2, 0.25) is 11.8 Å². The van der Waals surface area contributed by atoms with E-state index in [0.29, 0.717) is 22.7 Å². The van der Waals surface area contributed by atoms with Gasteiger partial charge in [0.15, 0.2) is 0 Å². The second-order valence-electron chi connectivity index (χ2n) is 7.87. The molecule has 0 aliphatic heterocycles. The maximum absolute atomic E-state index is 13.0. The van der Waals surface area contributed by atoms with Crippen LogP contribution in [0.4, 0.5) is 10.7 Å². The molecule has 35 heavy (non-hydrogen) atoms. The van der Waals surface area contributed by atoms with Gasteiger partial charge in [-0.25, -0.2) is 4.79 Å².